The zero-order valence-electron chi connectivity index (χ0n) is 13.0. The van der Waals surface area contributed by atoms with Crippen molar-refractivity contribution in [3.05, 3.63) is 35.9 Å². The minimum atomic E-state index is -1.20. The van der Waals surface area contributed by atoms with Crippen molar-refractivity contribution in [1.29, 1.82) is 0 Å². The Kier molecular flexibility index (Phi) is 6.81. The van der Waals surface area contributed by atoms with Gasteiger partial charge in [0.2, 0.25) is 0 Å². The van der Waals surface area contributed by atoms with Gasteiger partial charge in [0.15, 0.2) is 6.04 Å². The summed E-state index contributed by atoms with van der Waals surface area (Å²) in [6.45, 7) is 4.81. The Morgan fingerprint density at radius 3 is 2.41 bits per heavy atom. The topological polar surface area (TPSA) is 96.9 Å². The van der Waals surface area contributed by atoms with E-state index < -0.39 is 30.3 Å². The third-order valence-corrected chi connectivity index (χ3v) is 2.45. The van der Waals surface area contributed by atoms with Crippen LogP contribution < -0.4 is 10.8 Å². The number of hydrogen-bond donors (Lipinski definition) is 3. The molecule has 1 rings (SSSR count). The Bertz CT molecular complexity index is 484. The maximum Gasteiger partial charge on any atom is 0.408 e. The van der Waals surface area contributed by atoms with Crippen LogP contribution in [-0.4, -0.2) is 35.4 Å². The third kappa shape index (κ3) is 7.05. The number of aliphatic hydroxyl groups excluding tert-OH is 1. The molecular weight excluding hydrogens is 288 g/mol. The standard InChI is InChI=1S/C15H22N2O5/c1-15(2,3)21-14(20)17-12(10-18)13(19)22-16-9-11-7-5-4-6-8-11/h4-8,12,16,18H,9-10H2,1-3H3,(H,17,20)/t12-/m0/s1. The number of nitrogens with one attached hydrogen (secondary N) is 2. The van der Waals surface area contributed by atoms with E-state index in [-0.39, 0.29) is 0 Å². The monoisotopic (exact) mass is 310 g/mol. The van der Waals surface area contributed by atoms with E-state index in [9.17, 15) is 9.59 Å². The van der Waals surface area contributed by atoms with Gasteiger partial charge in [0.05, 0.1) is 13.2 Å². The van der Waals surface area contributed by atoms with E-state index >= 15 is 0 Å². The van der Waals surface area contributed by atoms with Crippen LogP contribution in [0.15, 0.2) is 30.3 Å². The predicted octanol–water partition coefficient (Wildman–Crippen LogP) is 1.12. The van der Waals surface area contributed by atoms with Gasteiger partial charge in [-0.05, 0) is 26.3 Å². The van der Waals surface area contributed by atoms with Gasteiger partial charge in [0, 0.05) is 0 Å². The van der Waals surface area contributed by atoms with Crippen LogP contribution in [0.5, 0.6) is 0 Å². The predicted molar refractivity (Wildman–Crippen MR) is 79.6 cm³/mol. The highest BCUT2D eigenvalue weighted by molar-refractivity contribution is 5.81. The van der Waals surface area contributed by atoms with Gasteiger partial charge in [-0.3, -0.25) is 0 Å². The molecule has 0 aliphatic heterocycles. The van der Waals surface area contributed by atoms with Crippen molar-refractivity contribution in [1.82, 2.24) is 10.8 Å². The molecule has 0 spiro atoms. The van der Waals surface area contributed by atoms with Crippen LogP contribution in [0.1, 0.15) is 26.3 Å². The zero-order valence-corrected chi connectivity index (χ0v) is 13.0. The number of carbonyl (C=O) groups is 2. The van der Waals surface area contributed by atoms with Crippen LogP contribution >= 0.6 is 0 Å². The Labute approximate surface area is 129 Å². The second kappa shape index (κ2) is 8.35. The maximum absolute atomic E-state index is 11.8. The van der Waals surface area contributed by atoms with Gasteiger partial charge >= 0.3 is 12.1 Å². The first-order valence-corrected chi connectivity index (χ1v) is 6.89. The molecule has 0 aliphatic rings. The summed E-state index contributed by atoms with van der Waals surface area (Å²) in [7, 11) is 0. The van der Waals surface area contributed by atoms with E-state index in [1.807, 2.05) is 30.3 Å². The smallest absolute Gasteiger partial charge is 0.408 e. The SMILES string of the molecule is CC(C)(C)OC(=O)N[C@@H](CO)C(=O)ONCc1ccccc1. The molecule has 0 heterocycles. The summed E-state index contributed by atoms with van der Waals surface area (Å²) in [5.41, 5.74) is 2.72. The van der Waals surface area contributed by atoms with E-state index in [0.29, 0.717) is 6.54 Å². The Balaban J connectivity index is 2.39. The average Bonchev–Trinajstić information content (AvgIpc) is 2.44. The lowest BCUT2D eigenvalue weighted by molar-refractivity contribution is -0.155. The number of carbonyl (C=O) groups excluding carboxylic acids is 2. The van der Waals surface area contributed by atoms with Crippen LogP contribution in [0.25, 0.3) is 0 Å². The molecule has 0 unspecified atom stereocenters. The first kappa shape index (κ1) is 17.9. The number of benzene rings is 1. The number of hydroxylamine groups is 1. The molecule has 0 aromatic heterocycles. The van der Waals surface area contributed by atoms with E-state index in [4.69, 9.17) is 14.7 Å². The molecule has 0 aliphatic carbocycles. The Morgan fingerprint density at radius 2 is 1.86 bits per heavy atom. The number of amides is 1. The van der Waals surface area contributed by atoms with Crippen LogP contribution in [0.3, 0.4) is 0 Å². The highest BCUT2D eigenvalue weighted by Gasteiger charge is 2.25. The summed E-state index contributed by atoms with van der Waals surface area (Å²) >= 11 is 0. The molecule has 7 nitrogen and oxygen atoms in total. The van der Waals surface area contributed by atoms with Crippen molar-refractivity contribution in [3.8, 4) is 0 Å². The van der Waals surface area contributed by atoms with E-state index in [0.717, 1.165) is 5.56 Å². The summed E-state index contributed by atoms with van der Waals surface area (Å²) in [5.74, 6) is -0.802. The number of rotatable bonds is 6. The van der Waals surface area contributed by atoms with Crippen LogP contribution in [-0.2, 0) is 20.9 Å². The minimum Gasteiger partial charge on any atom is -0.444 e. The second-order valence-electron chi connectivity index (χ2n) is 5.61. The van der Waals surface area contributed by atoms with Gasteiger partial charge in [-0.25, -0.2) is 9.59 Å². The summed E-state index contributed by atoms with van der Waals surface area (Å²) < 4.78 is 5.00. The molecular formula is C15H22N2O5. The normalized spacial score (nSPS) is 12.4. The Hall–Kier alpha value is -2.12. The quantitative estimate of drug-likeness (QED) is 0.681. The Morgan fingerprint density at radius 1 is 1.23 bits per heavy atom. The fraction of sp³-hybridized carbons (Fsp3) is 0.467. The first-order chi connectivity index (χ1) is 10.3. The molecule has 0 saturated heterocycles. The molecule has 3 N–H and O–H groups in total. The van der Waals surface area contributed by atoms with Crippen molar-refractivity contribution < 1.29 is 24.3 Å². The lowest BCUT2D eigenvalue weighted by Gasteiger charge is -2.22. The number of alkyl carbamates (subject to hydrolysis) is 1. The molecule has 1 atom stereocenters. The van der Waals surface area contributed by atoms with E-state index in [2.05, 4.69) is 10.8 Å². The van der Waals surface area contributed by atoms with Gasteiger partial charge < -0.3 is 20.0 Å². The fourth-order valence-corrected chi connectivity index (χ4v) is 1.49. The van der Waals surface area contributed by atoms with Crippen molar-refractivity contribution in [2.75, 3.05) is 6.61 Å². The molecule has 0 bridgehead atoms. The zero-order chi connectivity index (χ0) is 16.6. The molecule has 1 aromatic rings. The first-order valence-electron chi connectivity index (χ1n) is 6.89. The fourth-order valence-electron chi connectivity index (χ4n) is 1.49. The van der Waals surface area contributed by atoms with Crippen molar-refractivity contribution >= 4 is 12.1 Å². The highest BCUT2D eigenvalue weighted by Crippen LogP contribution is 2.06. The van der Waals surface area contributed by atoms with Crippen LogP contribution in [0.4, 0.5) is 4.79 Å². The molecule has 122 valence electrons. The van der Waals surface area contributed by atoms with Gasteiger partial charge in [-0.2, -0.15) is 0 Å². The van der Waals surface area contributed by atoms with Crippen molar-refractivity contribution in [2.24, 2.45) is 0 Å². The van der Waals surface area contributed by atoms with E-state index in [1.165, 1.54) is 0 Å². The largest absolute Gasteiger partial charge is 0.444 e. The molecule has 22 heavy (non-hydrogen) atoms. The van der Waals surface area contributed by atoms with E-state index in [1.54, 1.807) is 20.8 Å². The van der Waals surface area contributed by atoms with Crippen LogP contribution in [0, 0.1) is 0 Å². The summed E-state index contributed by atoms with van der Waals surface area (Å²) in [6, 6.07) is 8.13. The number of aliphatic hydroxyl groups is 1. The molecule has 0 saturated carbocycles. The summed E-state index contributed by atoms with van der Waals surface area (Å²) in [4.78, 5) is 28.1. The molecule has 0 fully saturated rings. The molecule has 0 radical (unpaired) electrons. The summed E-state index contributed by atoms with van der Waals surface area (Å²) in [6.07, 6.45) is -0.799. The minimum absolute atomic E-state index is 0.317. The number of ether oxygens (including phenoxy) is 1. The van der Waals surface area contributed by atoms with Crippen LogP contribution in [0.2, 0.25) is 0 Å². The maximum atomic E-state index is 11.8. The lowest BCUT2D eigenvalue weighted by atomic mass is 10.2. The van der Waals surface area contributed by atoms with Gasteiger partial charge in [0.1, 0.15) is 5.60 Å². The average molecular weight is 310 g/mol. The van der Waals surface area contributed by atoms with Gasteiger partial charge in [0.25, 0.3) is 0 Å². The lowest BCUT2D eigenvalue weighted by Crippen LogP contribution is -2.47. The number of hydrogen-bond acceptors (Lipinski definition) is 6. The third-order valence-electron chi connectivity index (χ3n) is 2.45. The summed E-state index contributed by atoms with van der Waals surface area (Å²) in [5, 5.41) is 11.4. The highest BCUT2D eigenvalue weighted by atomic mass is 16.7. The van der Waals surface area contributed by atoms with Gasteiger partial charge in [-0.1, -0.05) is 30.3 Å². The van der Waals surface area contributed by atoms with Crippen molar-refractivity contribution in [3.63, 3.8) is 0 Å². The van der Waals surface area contributed by atoms with Gasteiger partial charge in [-0.15, -0.1) is 5.48 Å². The second-order valence-corrected chi connectivity index (χ2v) is 5.61. The molecule has 1 aromatic carbocycles. The van der Waals surface area contributed by atoms with Crippen molar-refractivity contribution in [2.45, 2.75) is 39.0 Å². The molecule has 7 heteroatoms. The molecule has 1 amide bonds.